The van der Waals surface area contributed by atoms with Crippen molar-refractivity contribution < 1.29 is 9.53 Å². The Hall–Kier alpha value is -3.34. The number of benzene rings is 2. The summed E-state index contributed by atoms with van der Waals surface area (Å²) in [5, 5.41) is 3.32. The largest absolute Gasteiger partial charge is 0.489 e. The average molecular weight is 387 g/mol. The highest BCUT2D eigenvalue weighted by atomic mass is 16.5. The van der Waals surface area contributed by atoms with Gasteiger partial charge in [0.15, 0.2) is 0 Å². The molecule has 0 fully saturated rings. The maximum Gasteiger partial charge on any atom is 0.272 e. The summed E-state index contributed by atoms with van der Waals surface area (Å²) in [7, 11) is 0. The fourth-order valence-corrected chi connectivity index (χ4v) is 3.51. The van der Waals surface area contributed by atoms with Crippen LogP contribution in [0.15, 0.2) is 66.9 Å². The number of anilines is 2. The molecule has 0 radical (unpaired) electrons. The second kappa shape index (κ2) is 8.35. The molecule has 148 valence electrons. The number of carbonyl (C=O) groups excluding carboxylic acids is 1. The SMILES string of the molecule is CC(C)Oc1ccccc1Nc1ccc(C(=O)N2CCc3ccccc3C2)nc1. The molecule has 3 aromatic rings. The standard InChI is InChI=1S/C24H25N3O2/c1-17(2)29-23-10-6-5-9-21(23)26-20-11-12-22(25-15-20)24(28)27-14-13-18-7-3-4-8-19(18)16-27/h3-12,15,17,26H,13-14,16H2,1-2H3. The normalized spacial score (nSPS) is 13.1. The second-order valence-electron chi connectivity index (χ2n) is 7.47. The topological polar surface area (TPSA) is 54.5 Å². The zero-order valence-corrected chi connectivity index (χ0v) is 16.8. The van der Waals surface area contributed by atoms with Crippen molar-refractivity contribution in [1.29, 1.82) is 0 Å². The molecule has 2 heterocycles. The summed E-state index contributed by atoms with van der Waals surface area (Å²) in [5.41, 5.74) is 4.68. The smallest absolute Gasteiger partial charge is 0.272 e. The van der Waals surface area contributed by atoms with Crippen LogP contribution >= 0.6 is 0 Å². The first kappa shape index (κ1) is 19.0. The van der Waals surface area contributed by atoms with E-state index in [0.29, 0.717) is 12.2 Å². The number of fused-ring (bicyclic) bond motifs is 1. The van der Waals surface area contributed by atoms with Crippen molar-refractivity contribution in [3.63, 3.8) is 0 Å². The monoisotopic (exact) mass is 387 g/mol. The molecule has 1 aliphatic rings. The number of pyridine rings is 1. The number of carbonyl (C=O) groups is 1. The summed E-state index contributed by atoms with van der Waals surface area (Å²) in [5.74, 6) is 0.754. The Bertz CT molecular complexity index is 999. The number of rotatable bonds is 5. The van der Waals surface area contributed by atoms with Crippen molar-refractivity contribution in [2.75, 3.05) is 11.9 Å². The van der Waals surface area contributed by atoms with Gasteiger partial charge in [0.1, 0.15) is 11.4 Å². The van der Waals surface area contributed by atoms with Gasteiger partial charge in [0, 0.05) is 13.1 Å². The van der Waals surface area contributed by atoms with E-state index in [0.717, 1.165) is 30.1 Å². The molecule has 0 bridgehead atoms. The fourth-order valence-electron chi connectivity index (χ4n) is 3.51. The van der Waals surface area contributed by atoms with E-state index in [2.05, 4.69) is 22.4 Å². The lowest BCUT2D eigenvalue weighted by Crippen LogP contribution is -2.36. The van der Waals surface area contributed by atoms with E-state index in [4.69, 9.17) is 4.74 Å². The van der Waals surface area contributed by atoms with Gasteiger partial charge in [-0.05, 0) is 55.7 Å². The van der Waals surface area contributed by atoms with Crippen LogP contribution in [-0.4, -0.2) is 28.4 Å². The van der Waals surface area contributed by atoms with Gasteiger partial charge in [0.25, 0.3) is 5.91 Å². The van der Waals surface area contributed by atoms with Gasteiger partial charge < -0.3 is 15.0 Å². The van der Waals surface area contributed by atoms with Gasteiger partial charge in [-0.25, -0.2) is 4.98 Å². The molecule has 2 aromatic carbocycles. The van der Waals surface area contributed by atoms with Crippen molar-refractivity contribution in [3.8, 4) is 5.75 Å². The third kappa shape index (κ3) is 4.40. The Balaban J connectivity index is 1.45. The average Bonchev–Trinajstić information content (AvgIpc) is 2.74. The number of hydrogen-bond donors (Lipinski definition) is 1. The molecule has 0 unspecified atom stereocenters. The number of aromatic nitrogens is 1. The molecule has 29 heavy (non-hydrogen) atoms. The van der Waals surface area contributed by atoms with Crippen LogP contribution in [0, 0.1) is 0 Å². The highest BCUT2D eigenvalue weighted by Crippen LogP contribution is 2.28. The minimum atomic E-state index is -0.0328. The first-order chi connectivity index (χ1) is 14.1. The van der Waals surface area contributed by atoms with Crippen molar-refractivity contribution in [1.82, 2.24) is 9.88 Å². The molecule has 0 saturated carbocycles. The van der Waals surface area contributed by atoms with Crippen LogP contribution in [0.25, 0.3) is 0 Å². The van der Waals surface area contributed by atoms with E-state index in [1.165, 1.54) is 11.1 Å². The van der Waals surface area contributed by atoms with E-state index in [9.17, 15) is 4.79 Å². The van der Waals surface area contributed by atoms with Gasteiger partial charge in [-0.2, -0.15) is 0 Å². The lowest BCUT2D eigenvalue weighted by molar-refractivity contribution is 0.0729. The Morgan fingerprint density at radius 1 is 1.03 bits per heavy atom. The molecule has 0 atom stereocenters. The molecule has 1 N–H and O–H groups in total. The minimum absolute atomic E-state index is 0.0328. The first-order valence-electron chi connectivity index (χ1n) is 9.95. The molecule has 1 aliphatic heterocycles. The van der Waals surface area contributed by atoms with Crippen molar-refractivity contribution in [3.05, 3.63) is 83.7 Å². The minimum Gasteiger partial charge on any atom is -0.489 e. The number of ether oxygens (including phenoxy) is 1. The molecule has 5 heteroatoms. The van der Waals surface area contributed by atoms with Crippen LogP contribution in [0.2, 0.25) is 0 Å². The molecule has 1 amide bonds. The number of nitrogens with zero attached hydrogens (tertiary/aromatic N) is 2. The Morgan fingerprint density at radius 2 is 1.79 bits per heavy atom. The summed E-state index contributed by atoms with van der Waals surface area (Å²) in [6.45, 7) is 5.35. The van der Waals surface area contributed by atoms with Gasteiger partial charge in [-0.15, -0.1) is 0 Å². The Labute approximate surface area is 171 Å². The second-order valence-corrected chi connectivity index (χ2v) is 7.47. The summed E-state index contributed by atoms with van der Waals surface area (Å²) in [6, 6.07) is 19.7. The quantitative estimate of drug-likeness (QED) is 0.683. The van der Waals surface area contributed by atoms with E-state index in [-0.39, 0.29) is 12.0 Å². The lowest BCUT2D eigenvalue weighted by atomic mass is 10.00. The molecule has 0 spiro atoms. The van der Waals surface area contributed by atoms with E-state index in [1.54, 1.807) is 12.3 Å². The van der Waals surface area contributed by atoms with Crippen LogP contribution in [0.5, 0.6) is 5.75 Å². The fraction of sp³-hybridized carbons (Fsp3) is 0.250. The van der Waals surface area contributed by atoms with Crippen molar-refractivity contribution in [2.45, 2.75) is 32.9 Å². The number of para-hydroxylation sites is 2. The zero-order valence-electron chi connectivity index (χ0n) is 16.8. The van der Waals surface area contributed by atoms with E-state index < -0.39 is 0 Å². The molecule has 0 saturated heterocycles. The third-order valence-corrected chi connectivity index (χ3v) is 4.93. The summed E-state index contributed by atoms with van der Waals surface area (Å²) in [4.78, 5) is 19.1. The van der Waals surface area contributed by atoms with Gasteiger partial charge in [-0.3, -0.25) is 4.79 Å². The van der Waals surface area contributed by atoms with Crippen molar-refractivity contribution in [2.24, 2.45) is 0 Å². The third-order valence-electron chi connectivity index (χ3n) is 4.93. The first-order valence-corrected chi connectivity index (χ1v) is 9.95. The lowest BCUT2D eigenvalue weighted by Gasteiger charge is -2.28. The molecule has 4 rings (SSSR count). The maximum atomic E-state index is 12.9. The molecular weight excluding hydrogens is 362 g/mol. The molecule has 0 aliphatic carbocycles. The van der Waals surface area contributed by atoms with Gasteiger partial charge in [0.05, 0.1) is 23.7 Å². The number of amides is 1. The van der Waals surface area contributed by atoms with Crippen LogP contribution < -0.4 is 10.1 Å². The summed E-state index contributed by atoms with van der Waals surface area (Å²) < 4.78 is 5.84. The van der Waals surface area contributed by atoms with Crippen LogP contribution in [-0.2, 0) is 13.0 Å². The van der Waals surface area contributed by atoms with Gasteiger partial charge >= 0.3 is 0 Å². The van der Waals surface area contributed by atoms with Crippen LogP contribution in [0.4, 0.5) is 11.4 Å². The highest BCUT2D eigenvalue weighted by molar-refractivity contribution is 5.92. The van der Waals surface area contributed by atoms with E-state index >= 15 is 0 Å². The van der Waals surface area contributed by atoms with E-state index in [1.807, 2.05) is 61.2 Å². The number of hydrogen-bond acceptors (Lipinski definition) is 4. The highest BCUT2D eigenvalue weighted by Gasteiger charge is 2.22. The molecule has 5 nitrogen and oxygen atoms in total. The maximum absolute atomic E-state index is 12.9. The predicted molar refractivity (Wildman–Crippen MR) is 115 cm³/mol. The van der Waals surface area contributed by atoms with Crippen molar-refractivity contribution >= 4 is 17.3 Å². The van der Waals surface area contributed by atoms with Gasteiger partial charge in [-0.1, -0.05) is 36.4 Å². The zero-order chi connectivity index (χ0) is 20.2. The van der Waals surface area contributed by atoms with Gasteiger partial charge in [0.2, 0.25) is 0 Å². The van der Waals surface area contributed by atoms with Crippen LogP contribution in [0.1, 0.15) is 35.5 Å². The Kier molecular flexibility index (Phi) is 5.47. The number of nitrogens with one attached hydrogen (secondary N) is 1. The predicted octanol–water partition coefficient (Wildman–Crippen LogP) is 4.81. The summed E-state index contributed by atoms with van der Waals surface area (Å²) >= 11 is 0. The molecular formula is C24H25N3O2. The summed E-state index contributed by atoms with van der Waals surface area (Å²) in [6.07, 6.45) is 2.66. The molecule has 1 aromatic heterocycles. The Morgan fingerprint density at radius 3 is 2.55 bits per heavy atom. The van der Waals surface area contributed by atoms with Crippen LogP contribution in [0.3, 0.4) is 0 Å².